The van der Waals surface area contributed by atoms with E-state index in [1.807, 2.05) is 44.2 Å². The van der Waals surface area contributed by atoms with Crippen LogP contribution in [0.2, 0.25) is 0 Å². The van der Waals surface area contributed by atoms with Crippen LogP contribution in [0.25, 0.3) is 0 Å². The SMILES string of the molecule is Cc1ccccc1CSCCNC(=O)CN(c1c(C)cccc1C)S(C)(=O)=O. The maximum absolute atomic E-state index is 12.4. The molecule has 2 aromatic carbocycles. The van der Waals surface area contributed by atoms with Crippen molar-refractivity contribution in [3.8, 4) is 0 Å². The van der Waals surface area contributed by atoms with Crippen molar-refractivity contribution < 1.29 is 13.2 Å². The zero-order valence-electron chi connectivity index (χ0n) is 16.9. The number of anilines is 1. The van der Waals surface area contributed by atoms with Gasteiger partial charge in [-0.15, -0.1) is 0 Å². The van der Waals surface area contributed by atoms with Crippen LogP contribution >= 0.6 is 11.8 Å². The number of sulfonamides is 1. The van der Waals surface area contributed by atoms with Gasteiger partial charge >= 0.3 is 0 Å². The van der Waals surface area contributed by atoms with Crippen LogP contribution in [0, 0.1) is 20.8 Å². The molecular formula is C21H28N2O3S2. The molecule has 0 radical (unpaired) electrons. The van der Waals surface area contributed by atoms with Gasteiger partial charge in [0, 0.05) is 18.1 Å². The first-order chi connectivity index (χ1) is 13.2. The lowest BCUT2D eigenvalue weighted by molar-refractivity contribution is -0.119. The summed E-state index contributed by atoms with van der Waals surface area (Å²) in [6.07, 6.45) is 1.13. The first kappa shape index (κ1) is 22.3. The second-order valence-corrected chi connectivity index (χ2v) is 9.85. The Morgan fingerprint density at radius 1 is 1.00 bits per heavy atom. The number of nitrogens with zero attached hydrogens (tertiary/aromatic N) is 1. The van der Waals surface area contributed by atoms with Gasteiger partial charge in [-0.1, -0.05) is 42.5 Å². The summed E-state index contributed by atoms with van der Waals surface area (Å²) < 4.78 is 25.7. The summed E-state index contributed by atoms with van der Waals surface area (Å²) in [6.45, 7) is 6.07. The fourth-order valence-corrected chi connectivity index (χ4v) is 4.87. The number of aryl methyl sites for hydroxylation is 3. The summed E-state index contributed by atoms with van der Waals surface area (Å²) in [7, 11) is -3.57. The fourth-order valence-electron chi connectivity index (χ4n) is 2.96. The highest BCUT2D eigenvalue weighted by molar-refractivity contribution is 7.98. The van der Waals surface area contributed by atoms with Crippen molar-refractivity contribution in [2.24, 2.45) is 0 Å². The van der Waals surface area contributed by atoms with E-state index in [9.17, 15) is 13.2 Å². The smallest absolute Gasteiger partial charge is 0.240 e. The number of para-hydroxylation sites is 1. The van der Waals surface area contributed by atoms with Crippen LogP contribution in [0.15, 0.2) is 42.5 Å². The Bertz CT molecular complexity index is 907. The number of benzene rings is 2. The quantitative estimate of drug-likeness (QED) is 0.631. The fraction of sp³-hybridized carbons (Fsp3) is 0.381. The molecule has 28 heavy (non-hydrogen) atoms. The molecule has 2 aromatic rings. The number of rotatable bonds is 9. The Balaban J connectivity index is 1.90. The third-order valence-electron chi connectivity index (χ3n) is 4.46. The Labute approximate surface area is 172 Å². The van der Waals surface area contributed by atoms with Gasteiger partial charge in [0.2, 0.25) is 15.9 Å². The molecule has 0 aromatic heterocycles. The predicted octanol–water partition coefficient (Wildman–Crippen LogP) is 3.43. The zero-order valence-corrected chi connectivity index (χ0v) is 18.5. The van der Waals surface area contributed by atoms with Crippen LogP contribution in [0.3, 0.4) is 0 Å². The van der Waals surface area contributed by atoms with Gasteiger partial charge in [-0.05, 0) is 43.0 Å². The Kier molecular flexibility index (Phi) is 7.95. The van der Waals surface area contributed by atoms with Crippen molar-refractivity contribution >= 4 is 33.4 Å². The molecule has 1 N–H and O–H groups in total. The number of hydrogen-bond acceptors (Lipinski definition) is 4. The van der Waals surface area contributed by atoms with Crippen molar-refractivity contribution in [2.45, 2.75) is 26.5 Å². The van der Waals surface area contributed by atoms with E-state index in [0.717, 1.165) is 28.9 Å². The van der Waals surface area contributed by atoms with Gasteiger partial charge < -0.3 is 5.32 Å². The van der Waals surface area contributed by atoms with Crippen molar-refractivity contribution in [2.75, 3.05) is 29.4 Å². The van der Waals surface area contributed by atoms with E-state index in [-0.39, 0.29) is 12.5 Å². The molecule has 0 aliphatic heterocycles. The third kappa shape index (κ3) is 6.27. The molecule has 0 atom stereocenters. The Hall–Kier alpha value is -1.99. The molecule has 0 unspecified atom stereocenters. The highest BCUT2D eigenvalue weighted by Crippen LogP contribution is 2.26. The van der Waals surface area contributed by atoms with E-state index in [1.165, 1.54) is 15.4 Å². The number of amides is 1. The molecule has 0 aliphatic rings. The monoisotopic (exact) mass is 420 g/mol. The highest BCUT2D eigenvalue weighted by Gasteiger charge is 2.23. The second-order valence-electron chi connectivity index (χ2n) is 6.84. The van der Waals surface area contributed by atoms with Gasteiger partial charge in [0.05, 0.1) is 11.9 Å². The number of carbonyl (C=O) groups excluding carboxylic acids is 1. The molecule has 5 nitrogen and oxygen atoms in total. The van der Waals surface area contributed by atoms with Crippen LogP contribution in [0.5, 0.6) is 0 Å². The summed E-state index contributed by atoms with van der Waals surface area (Å²) in [5, 5.41) is 2.83. The number of carbonyl (C=O) groups is 1. The lowest BCUT2D eigenvalue weighted by Crippen LogP contribution is -2.41. The second kappa shape index (κ2) is 9.98. The molecule has 0 saturated carbocycles. The summed E-state index contributed by atoms with van der Waals surface area (Å²) in [4.78, 5) is 12.4. The molecule has 0 saturated heterocycles. The molecule has 0 heterocycles. The van der Waals surface area contributed by atoms with Gasteiger partial charge in [0.25, 0.3) is 0 Å². The molecule has 0 fully saturated rings. The number of hydrogen-bond donors (Lipinski definition) is 1. The summed E-state index contributed by atoms with van der Waals surface area (Å²) in [5.74, 6) is 1.35. The van der Waals surface area contributed by atoms with E-state index in [4.69, 9.17) is 0 Å². The van der Waals surface area contributed by atoms with Gasteiger partial charge in [0.1, 0.15) is 6.54 Å². The van der Waals surface area contributed by atoms with Gasteiger partial charge in [0.15, 0.2) is 0 Å². The predicted molar refractivity (Wildman–Crippen MR) is 118 cm³/mol. The maximum atomic E-state index is 12.4. The van der Waals surface area contributed by atoms with E-state index in [0.29, 0.717) is 12.2 Å². The lowest BCUT2D eigenvalue weighted by Gasteiger charge is -2.25. The average Bonchev–Trinajstić information content (AvgIpc) is 2.61. The summed E-state index contributed by atoms with van der Waals surface area (Å²) >= 11 is 1.74. The van der Waals surface area contributed by atoms with Crippen LogP contribution in [0.1, 0.15) is 22.3 Å². The van der Waals surface area contributed by atoms with Gasteiger partial charge in [-0.3, -0.25) is 9.10 Å². The molecule has 152 valence electrons. The largest absolute Gasteiger partial charge is 0.354 e. The van der Waals surface area contributed by atoms with Crippen molar-refractivity contribution in [3.05, 3.63) is 64.7 Å². The standard InChI is InChI=1S/C21H28N2O3S2/c1-16-8-5-6-11-19(16)15-27-13-12-22-20(24)14-23(28(4,25)26)21-17(2)9-7-10-18(21)3/h5-11H,12-15H2,1-4H3,(H,22,24). The number of nitrogens with one attached hydrogen (secondary N) is 1. The number of thioether (sulfide) groups is 1. The zero-order chi connectivity index (χ0) is 20.7. The minimum atomic E-state index is -3.57. The Morgan fingerprint density at radius 3 is 2.21 bits per heavy atom. The van der Waals surface area contributed by atoms with E-state index in [1.54, 1.807) is 11.8 Å². The molecule has 7 heteroatoms. The summed E-state index contributed by atoms with van der Waals surface area (Å²) in [5.41, 5.74) is 4.78. The highest BCUT2D eigenvalue weighted by atomic mass is 32.2. The van der Waals surface area contributed by atoms with Gasteiger partial charge in [-0.25, -0.2) is 8.42 Å². The first-order valence-corrected chi connectivity index (χ1v) is 12.1. The minimum absolute atomic E-state index is 0.215. The van der Waals surface area contributed by atoms with Crippen molar-refractivity contribution in [1.82, 2.24) is 5.32 Å². The van der Waals surface area contributed by atoms with Crippen LogP contribution in [-0.2, 0) is 20.6 Å². The van der Waals surface area contributed by atoms with Crippen molar-refractivity contribution in [1.29, 1.82) is 0 Å². The van der Waals surface area contributed by atoms with Crippen LogP contribution in [-0.4, -0.2) is 39.4 Å². The molecule has 0 aliphatic carbocycles. The van der Waals surface area contributed by atoms with E-state index < -0.39 is 10.0 Å². The van der Waals surface area contributed by atoms with Crippen LogP contribution < -0.4 is 9.62 Å². The molecule has 1 amide bonds. The Morgan fingerprint density at radius 2 is 1.61 bits per heavy atom. The normalized spacial score (nSPS) is 11.3. The van der Waals surface area contributed by atoms with E-state index in [2.05, 4.69) is 24.4 Å². The molecular weight excluding hydrogens is 392 g/mol. The minimum Gasteiger partial charge on any atom is -0.354 e. The van der Waals surface area contributed by atoms with Crippen molar-refractivity contribution in [3.63, 3.8) is 0 Å². The maximum Gasteiger partial charge on any atom is 0.240 e. The lowest BCUT2D eigenvalue weighted by atomic mass is 10.1. The topological polar surface area (TPSA) is 66.5 Å². The van der Waals surface area contributed by atoms with Crippen LogP contribution in [0.4, 0.5) is 5.69 Å². The molecule has 0 bridgehead atoms. The van der Waals surface area contributed by atoms with E-state index >= 15 is 0 Å². The first-order valence-electron chi connectivity index (χ1n) is 9.13. The third-order valence-corrected chi connectivity index (χ3v) is 6.58. The molecule has 0 spiro atoms. The average molecular weight is 421 g/mol. The van der Waals surface area contributed by atoms with Gasteiger partial charge in [-0.2, -0.15) is 11.8 Å². The summed E-state index contributed by atoms with van der Waals surface area (Å²) in [6, 6.07) is 13.8. The molecule has 2 rings (SSSR count).